The molecule has 11 heavy (non-hydrogen) atoms. The first kappa shape index (κ1) is 7.35. The largest absolute Gasteiger partial charge is 0.492 e. The SMILES string of the molecule is Nc1nc(O)c(NO)c(=O)[nH]1. The fourth-order valence-electron chi connectivity index (χ4n) is 0.579. The van der Waals surface area contributed by atoms with Crippen LogP contribution in [0.2, 0.25) is 0 Å². The van der Waals surface area contributed by atoms with Crippen LogP contribution in [-0.4, -0.2) is 20.3 Å². The predicted octanol–water partition coefficient (Wildman–Crippen LogP) is -1.14. The Balaban J connectivity index is 3.37. The van der Waals surface area contributed by atoms with Crippen LogP contribution in [0.25, 0.3) is 0 Å². The molecule has 0 aliphatic rings. The van der Waals surface area contributed by atoms with Crippen molar-refractivity contribution < 1.29 is 10.3 Å². The quantitative estimate of drug-likeness (QED) is 0.329. The van der Waals surface area contributed by atoms with E-state index < -0.39 is 17.1 Å². The molecule has 60 valence electrons. The molecular weight excluding hydrogens is 152 g/mol. The highest BCUT2D eigenvalue weighted by molar-refractivity contribution is 5.49. The number of nitrogens with one attached hydrogen (secondary N) is 2. The van der Waals surface area contributed by atoms with Gasteiger partial charge >= 0.3 is 0 Å². The number of nitrogens with two attached hydrogens (primary N) is 1. The molecule has 1 aromatic rings. The number of rotatable bonds is 1. The highest BCUT2D eigenvalue weighted by Crippen LogP contribution is 2.12. The Morgan fingerprint density at radius 2 is 2.27 bits per heavy atom. The maximum atomic E-state index is 10.7. The molecule has 0 bridgehead atoms. The van der Waals surface area contributed by atoms with Gasteiger partial charge in [-0.3, -0.25) is 20.5 Å². The number of aromatic nitrogens is 2. The summed E-state index contributed by atoms with van der Waals surface area (Å²) in [7, 11) is 0. The third-order valence-corrected chi connectivity index (χ3v) is 1.03. The van der Waals surface area contributed by atoms with Gasteiger partial charge in [-0.05, 0) is 0 Å². The number of nitrogen functional groups attached to an aromatic ring is 1. The summed E-state index contributed by atoms with van der Waals surface area (Å²) in [6.07, 6.45) is 0. The predicted molar refractivity (Wildman–Crippen MR) is 36.3 cm³/mol. The molecule has 0 spiro atoms. The zero-order valence-electron chi connectivity index (χ0n) is 5.33. The Bertz CT molecular complexity index is 320. The van der Waals surface area contributed by atoms with Crippen molar-refractivity contribution in [2.75, 3.05) is 11.2 Å². The molecule has 7 heteroatoms. The summed E-state index contributed by atoms with van der Waals surface area (Å²) in [6.45, 7) is 0. The third kappa shape index (κ3) is 1.22. The molecule has 0 aromatic carbocycles. The summed E-state index contributed by atoms with van der Waals surface area (Å²) in [5, 5.41) is 17.1. The van der Waals surface area contributed by atoms with E-state index in [4.69, 9.17) is 16.0 Å². The Kier molecular flexibility index (Phi) is 1.65. The molecule has 6 N–H and O–H groups in total. The van der Waals surface area contributed by atoms with E-state index in [0.29, 0.717) is 0 Å². The highest BCUT2D eigenvalue weighted by atomic mass is 16.5. The number of hydrogen-bond donors (Lipinski definition) is 5. The molecular formula is C4H6N4O3. The Hall–Kier alpha value is -1.76. The van der Waals surface area contributed by atoms with E-state index in [-0.39, 0.29) is 5.95 Å². The van der Waals surface area contributed by atoms with Crippen molar-refractivity contribution >= 4 is 11.6 Å². The average molecular weight is 158 g/mol. The van der Waals surface area contributed by atoms with E-state index in [1.165, 1.54) is 5.48 Å². The van der Waals surface area contributed by atoms with Crippen LogP contribution in [0.4, 0.5) is 11.6 Å². The Morgan fingerprint density at radius 3 is 2.73 bits per heavy atom. The first-order valence-corrected chi connectivity index (χ1v) is 2.64. The highest BCUT2D eigenvalue weighted by Gasteiger charge is 2.06. The first-order valence-electron chi connectivity index (χ1n) is 2.64. The number of H-pyrrole nitrogens is 1. The second-order valence-corrected chi connectivity index (χ2v) is 1.76. The van der Waals surface area contributed by atoms with Crippen LogP contribution < -0.4 is 16.8 Å². The van der Waals surface area contributed by atoms with Gasteiger partial charge < -0.3 is 10.8 Å². The third-order valence-electron chi connectivity index (χ3n) is 1.03. The normalized spacial score (nSPS) is 9.55. The van der Waals surface area contributed by atoms with E-state index in [1.807, 2.05) is 0 Å². The number of aromatic amines is 1. The van der Waals surface area contributed by atoms with E-state index in [2.05, 4.69) is 9.97 Å². The van der Waals surface area contributed by atoms with Crippen LogP contribution in [0, 0.1) is 0 Å². The molecule has 0 saturated carbocycles. The summed E-state index contributed by atoms with van der Waals surface area (Å²) in [5.41, 5.74) is 5.36. The monoisotopic (exact) mass is 158 g/mol. The Labute approximate surface area is 60.5 Å². The van der Waals surface area contributed by atoms with Crippen molar-refractivity contribution in [3.05, 3.63) is 10.4 Å². The number of hydrogen-bond acceptors (Lipinski definition) is 6. The standard InChI is InChI=1S/C4H6N4O3/c5-4-6-2(9)1(8-11)3(10)7-4/h8,11H,(H4,5,6,7,9,10). The maximum Gasteiger partial charge on any atom is 0.281 e. The fourth-order valence-corrected chi connectivity index (χ4v) is 0.579. The average Bonchev–Trinajstić information content (AvgIpc) is 1.85. The zero-order valence-corrected chi connectivity index (χ0v) is 5.33. The van der Waals surface area contributed by atoms with Crippen LogP contribution in [0.5, 0.6) is 5.88 Å². The molecule has 1 rings (SSSR count). The number of aromatic hydroxyl groups is 1. The summed E-state index contributed by atoms with van der Waals surface area (Å²) in [5.74, 6) is -0.861. The summed E-state index contributed by atoms with van der Waals surface area (Å²) in [6, 6.07) is 0. The van der Waals surface area contributed by atoms with Gasteiger partial charge in [-0.2, -0.15) is 4.98 Å². The lowest BCUT2D eigenvalue weighted by Crippen LogP contribution is -2.15. The molecule has 0 aliphatic heterocycles. The van der Waals surface area contributed by atoms with Crippen molar-refractivity contribution in [3.63, 3.8) is 0 Å². The summed E-state index contributed by atoms with van der Waals surface area (Å²) < 4.78 is 0. The van der Waals surface area contributed by atoms with Gasteiger partial charge in [0.15, 0.2) is 5.69 Å². The second kappa shape index (κ2) is 2.46. The van der Waals surface area contributed by atoms with E-state index in [0.717, 1.165) is 0 Å². The van der Waals surface area contributed by atoms with Gasteiger partial charge in [0.2, 0.25) is 11.8 Å². The smallest absolute Gasteiger partial charge is 0.281 e. The minimum Gasteiger partial charge on any atom is -0.492 e. The van der Waals surface area contributed by atoms with Gasteiger partial charge in [-0.15, -0.1) is 0 Å². The number of anilines is 2. The summed E-state index contributed by atoms with van der Waals surface area (Å²) in [4.78, 5) is 16.1. The van der Waals surface area contributed by atoms with Gasteiger partial charge in [0, 0.05) is 0 Å². The lowest BCUT2D eigenvalue weighted by Gasteiger charge is -1.99. The van der Waals surface area contributed by atoms with Gasteiger partial charge in [0.1, 0.15) is 0 Å². The van der Waals surface area contributed by atoms with Crippen LogP contribution in [0.15, 0.2) is 4.79 Å². The van der Waals surface area contributed by atoms with E-state index in [1.54, 1.807) is 0 Å². The lowest BCUT2D eigenvalue weighted by molar-refractivity contribution is 0.376. The molecule has 0 unspecified atom stereocenters. The van der Waals surface area contributed by atoms with E-state index in [9.17, 15) is 4.79 Å². The van der Waals surface area contributed by atoms with Gasteiger partial charge in [0.25, 0.3) is 5.56 Å². The number of nitrogens with zero attached hydrogens (tertiary/aromatic N) is 1. The second-order valence-electron chi connectivity index (χ2n) is 1.76. The fraction of sp³-hybridized carbons (Fsp3) is 0. The van der Waals surface area contributed by atoms with Crippen molar-refractivity contribution in [1.29, 1.82) is 0 Å². The van der Waals surface area contributed by atoms with Crippen LogP contribution >= 0.6 is 0 Å². The Morgan fingerprint density at radius 1 is 1.64 bits per heavy atom. The van der Waals surface area contributed by atoms with Crippen molar-refractivity contribution in [3.8, 4) is 5.88 Å². The van der Waals surface area contributed by atoms with Crippen LogP contribution in [0.3, 0.4) is 0 Å². The molecule has 0 atom stereocenters. The zero-order chi connectivity index (χ0) is 8.43. The topological polar surface area (TPSA) is 124 Å². The molecule has 0 fully saturated rings. The molecule has 0 amide bonds. The minimum absolute atomic E-state index is 0.216. The first-order chi connectivity index (χ1) is 5.15. The van der Waals surface area contributed by atoms with Crippen molar-refractivity contribution in [2.45, 2.75) is 0 Å². The van der Waals surface area contributed by atoms with E-state index >= 15 is 0 Å². The van der Waals surface area contributed by atoms with Gasteiger partial charge in [0.05, 0.1) is 0 Å². The molecule has 0 saturated heterocycles. The molecule has 0 aliphatic carbocycles. The van der Waals surface area contributed by atoms with Gasteiger partial charge in [-0.25, -0.2) is 0 Å². The molecule has 0 radical (unpaired) electrons. The molecule has 1 aromatic heterocycles. The summed E-state index contributed by atoms with van der Waals surface area (Å²) >= 11 is 0. The van der Waals surface area contributed by atoms with Crippen molar-refractivity contribution in [1.82, 2.24) is 9.97 Å². The molecule has 7 nitrogen and oxygen atoms in total. The molecule has 1 heterocycles. The minimum atomic E-state index is -0.738. The van der Waals surface area contributed by atoms with Crippen LogP contribution in [0.1, 0.15) is 0 Å². The van der Waals surface area contributed by atoms with Gasteiger partial charge in [-0.1, -0.05) is 0 Å². The van der Waals surface area contributed by atoms with Crippen molar-refractivity contribution in [2.24, 2.45) is 0 Å². The van der Waals surface area contributed by atoms with Crippen LogP contribution in [-0.2, 0) is 0 Å². The maximum absolute atomic E-state index is 10.7. The lowest BCUT2D eigenvalue weighted by atomic mass is 10.5.